The molecule has 1 aromatic heterocycles. The van der Waals surface area contributed by atoms with Crippen LogP contribution in [-0.4, -0.2) is 23.3 Å². The zero-order valence-electron chi connectivity index (χ0n) is 11.6. The molecule has 0 bridgehead atoms. The monoisotopic (exact) mass is 271 g/mol. The molecule has 0 saturated heterocycles. The van der Waals surface area contributed by atoms with Crippen LogP contribution in [0.2, 0.25) is 0 Å². The van der Waals surface area contributed by atoms with Crippen molar-refractivity contribution in [2.75, 3.05) is 6.61 Å². The quantitative estimate of drug-likeness (QED) is 0.689. The summed E-state index contributed by atoms with van der Waals surface area (Å²) in [5.41, 5.74) is 2.51. The number of carbonyl (C=O) groups excluding carboxylic acids is 2. The first kappa shape index (κ1) is 12.9. The van der Waals surface area contributed by atoms with E-state index >= 15 is 0 Å². The maximum atomic E-state index is 12.5. The maximum absolute atomic E-state index is 12.5. The minimum atomic E-state index is -0.689. The fourth-order valence-corrected chi connectivity index (χ4v) is 3.19. The SMILES string of the molecule is CCOC(=O)C1C(=O)c2[nH]c3ccccc3c2C1CC. The van der Waals surface area contributed by atoms with Gasteiger partial charge in [0.05, 0.1) is 12.3 Å². The summed E-state index contributed by atoms with van der Waals surface area (Å²) in [4.78, 5) is 27.8. The van der Waals surface area contributed by atoms with Gasteiger partial charge in [0, 0.05) is 16.8 Å². The molecule has 4 heteroatoms. The van der Waals surface area contributed by atoms with Crippen molar-refractivity contribution in [2.24, 2.45) is 5.92 Å². The Morgan fingerprint density at radius 2 is 2.05 bits per heavy atom. The molecule has 3 rings (SSSR count). The highest BCUT2D eigenvalue weighted by atomic mass is 16.5. The smallest absolute Gasteiger partial charge is 0.317 e. The van der Waals surface area contributed by atoms with Gasteiger partial charge in [-0.2, -0.15) is 0 Å². The highest BCUT2D eigenvalue weighted by Gasteiger charge is 2.46. The normalized spacial score (nSPS) is 21.2. The van der Waals surface area contributed by atoms with Crippen LogP contribution in [0, 0.1) is 5.92 Å². The van der Waals surface area contributed by atoms with Crippen molar-refractivity contribution in [3.63, 3.8) is 0 Å². The van der Waals surface area contributed by atoms with Crippen LogP contribution in [0.4, 0.5) is 0 Å². The number of ketones is 1. The molecule has 0 aliphatic heterocycles. The molecule has 2 atom stereocenters. The molecule has 2 unspecified atom stereocenters. The number of para-hydroxylation sites is 1. The van der Waals surface area contributed by atoms with E-state index in [-0.39, 0.29) is 11.7 Å². The Labute approximate surface area is 117 Å². The van der Waals surface area contributed by atoms with Crippen molar-refractivity contribution in [3.05, 3.63) is 35.5 Å². The van der Waals surface area contributed by atoms with Gasteiger partial charge in [-0.25, -0.2) is 0 Å². The van der Waals surface area contributed by atoms with Crippen LogP contribution in [0.3, 0.4) is 0 Å². The van der Waals surface area contributed by atoms with Crippen LogP contribution in [0.25, 0.3) is 10.9 Å². The van der Waals surface area contributed by atoms with Crippen molar-refractivity contribution in [1.82, 2.24) is 4.98 Å². The zero-order valence-corrected chi connectivity index (χ0v) is 11.6. The van der Waals surface area contributed by atoms with Crippen LogP contribution in [-0.2, 0) is 9.53 Å². The average Bonchev–Trinajstić information content (AvgIpc) is 2.95. The van der Waals surface area contributed by atoms with Crippen LogP contribution in [0.15, 0.2) is 24.3 Å². The Morgan fingerprint density at radius 3 is 2.75 bits per heavy atom. The minimum absolute atomic E-state index is 0.0901. The first-order valence-corrected chi connectivity index (χ1v) is 7.00. The summed E-state index contributed by atoms with van der Waals surface area (Å²) < 4.78 is 5.07. The van der Waals surface area contributed by atoms with E-state index in [4.69, 9.17) is 4.74 Å². The Bertz CT molecular complexity index is 686. The molecule has 0 amide bonds. The Kier molecular flexibility index (Phi) is 3.08. The Balaban J connectivity index is 2.13. The number of hydrogen-bond donors (Lipinski definition) is 1. The molecule has 0 radical (unpaired) electrons. The lowest BCUT2D eigenvalue weighted by Gasteiger charge is -2.16. The van der Waals surface area contributed by atoms with E-state index in [1.54, 1.807) is 6.92 Å². The second-order valence-electron chi connectivity index (χ2n) is 5.07. The second kappa shape index (κ2) is 4.78. The summed E-state index contributed by atoms with van der Waals surface area (Å²) >= 11 is 0. The van der Waals surface area contributed by atoms with Crippen molar-refractivity contribution in [2.45, 2.75) is 26.2 Å². The van der Waals surface area contributed by atoms with Gasteiger partial charge in [-0.1, -0.05) is 25.1 Å². The van der Waals surface area contributed by atoms with E-state index in [9.17, 15) is 9.59 Å². The van der Waals surface area contributed by atoms with Crippen LogP contribution in [0.5, 0.6) is 0 Å². The predicted molar refractivity (Wildman–Crippen MR) is 75.8 cm³/mol. The highest BCUT2D eigenvalue weighted by Crippen LogP contribution is 2.44. The molecule has 2 aromatic rings. The summed E-state index contributed by atoms with van der Waals surface area (Å²) in [5, 5.41) is 1.04. The molecule has 20 heavy (non-hydrogen) atoms. The number of nitrogens with one attached hydrogen (secondary N) is 1. The molecule has 0 spiro atoms. The largest absolute Gasteiger partial charge is 0.465 e. The van der Waals surface area contributed by atoms with E-state index in [1.807, 2.05) is 31.2 Å². The molecule has 4 nitrogen and oxygen atoms in total. The summed E-state index contributed by atoms with van der Waals surface area (Å²) in [6.45, 7) is 4.06. The average molecular weight is 271 g/mol. The number of aromatic amines is 1. The van der Waals surface area contributed by atoms with Crippen LogP contribution >= 0.6 is 0 Å². The van der Waals surface area contributed by atoms with Crippen molar-refractivity contribution in [3.8, 4) is 0 Å². The van der Waals surface area contributed by atoms with Gasteiger partial charge in [0.15, 0.2) is 5.78 Å². The van der Waals surface area contributed by atoms with Gasteiger partial charge in [-0.3, -0.25) is 9.59 Å². The van der Waals surface area contributed by atoms with E-state index in [2.05, 4.69) is 4.98 Å². The third kappa shape index (κ3) is 1.68. The number of rotatable bonds is 3. The van der Waals surface area contributed by atoms with Gasteiger partial charge in [0.2, 0.25) is 0 Å². The van der Waals surface area contributed by atoms with Crippen molar-refractivity contribution < 1.29 is 14.3 Å². The number of benzene rings is 1. The Hall–Kier alpha value is -2.10. The lowest BCUT2D eigenvalue weighted by Crippen LogP contribution is -2.26. The van der Waals surface area contributed by atoms with Crippen LogP contribution < -0.4 is 0 Å². The third-order valence-electron chi connectivity index (χ3n) is 4.03. The number of Topliss-reactive ketones (excluding diaryl/α,β-unsaturated/α-hetero) is 1. The zero-order chi connectivity index (χ0) is 14.3. The number of hydrogen-bond acceptors (Lipinski definition) is 3. The summed E-state index contributed by atoms with van der Waals surface area (Å²) in [6.07, 6.45) is 0.740. The third-order valence-corrected chi connectivity index (χ3v) is 4.03. The van der Waals surface area contributed by atoms with Gasteiger partial charge in [-0.15, -0.1) is 0 Å². The number of fused-ring (bicyclic) bond motifs is 3. The number of ether oxygens (including phenoxy) is 1. The van der Waals surface area contributed by atoms with Gasteiger partial charge in [0.25, 0.3) is 0 Å². The number of carbonyl (C=O) groups is 2. The van der Waals surface area contributed by atoms with Gasteiger partial charge >= 0.3 is 5.97 Å². The molecular weight excluding hydrogens is 254 g/mol. The lowest BCUT2D eigenvalue weighted by molar-refractivity contribution is -0.146. The first-order valence-electron chi connectivity index (χ1n) is 7.00. The van der Waals surface area contributed by atoms with Crippen molar-refractivity contribution in [1.29, 1.82) is 0 Å². The van der Waals surface area contributed by atoms with Gasteiger partial charge < -0.3 is 9.72 Å². The number of H-pyrrole nitrogens is 1. The van der Waals surface area contributed by atoms with E-state index in [0.29, 0.717) is 12.3 Å². The molecule has 1 N–H and O–H groups in total. The molecule has 1 heterocycles. The molecule has 1 aliphatic rings. The maximum Gasteiger partial charge on any atom is 0.317 e. The van der Waals surface area contributed by atoms with Crippen molar-refractivity contribution >= 4 is 22.7 Å². The molecule has 0 saturated carbocycles. The topological polar surface area (TPSA) is 59.2 Å². The standard InChI is InChI=1S/C16H17NO3/c1-3-9-12-10-7-5-6-8-11(10)17-14(12)15(18)13(9)16(19)20-4-2/h5-9,13,17H,3-4H2,1-2H3. The van der Waals surface area contributed by atoms with E-state index in [1.165, 1.54) is 0 Å². The van der Waals surface area contributed by atoms with Gasteiger partial charge in [0.1, 0.15) is 5.92 Å². The Morgan fingerprint density at radius 1 is 1.30 bits per heavy atom. The van der Waals surface area contributed by atoms with E-state index < -0.39 is 11.9 Å². The molecule has 104 valence electrons. The number of aromatic nitrogens is 1. The van der Waals surface area contributed by atoms with Crippen LogP contribution in [0.1, 0.15) is 42.2 Å². The van der Waals surface area contributed by atoms with E-state index in [0.717, 1.165) is 22.9 Å². The number of esters is 1. The molecule has 0 fully saturated rings. The summed E-state index contributed by atoms with van der Waals surface area (Å²) in [7, 11) is 0. The predicted octanol–water partition coefficient (Wildman–Crippen LogP) is 3.04. The lowest BCUT2D eigenvalue weighted by atomic mass is 9.88. The van der Waals surface area contributed by atoms with Gasteiger partial charge in [-0.05, 0) is 25.0 Å². The highest BCUT2D eigenvalue weighted by molar-refractivity contribution is 6.15. The minimum Gasteiger partial charge on any atom is -0.465 e. The summed E-state index contributed by atoms with van der Waals surface area (Å²) in [6, 6.07) is 7.83. The fraction of sp³-hybridized carbons (Fsp3) is 0.375. The summed E-state index contributed by atoms with van der Waals surface area (Å²) in [5.74, 6) is -1.32. The molecular formula is C16H17NO3. The first-order chi connectivity index (χ1) is 9.69. The second-order valence-corrected chi connectivity index (χ2v) is 5.07. The fourth-order valence-electron chi connectivity index (χ4n) is 3.19. The molecule has 1 aliphatic carbocycles. The molecule has 1 aromatic carbocycles.